The van der Waals surface area contributed by atoms with E-state index in [1.165, 1.54) is 11.1 Å². The number of ketones is 8. The number of benzene rings is 4. The number of hydrogen-bond acceptors (Lipinski definition) is 17. The molecule has 6 aliphatic rings. The molecular weight excluding hydrogens is 1650 g/mol. The van der Waals surface area contributed by atoms with Gasteiger partial charge in [0.1, 0.15) is 69.2 Å². The molecule has 9 heterocycles. The monoisotopic (exact) mass is 1800 g/mol. The minimum Gasteiger partial charge on any atom is -0.347 e. The number of hydrogen-bond donors (Lipinski definition) is 8. The second-order valence-electron chi connectivity index (χ2n) is 37.8. The summed E-state index contributed by atoms with van der Waals surface area (Å²) in [7, 11) is 0. The Morgan fingerprint density at radius 3 is 1.08 bits per heavy atom. The molecule has 1 saturated heterocycles. The van der Waals surface area contributed by atoms with Gasteiger partial charge in [-0.15, -0.1) is 0 Å². The summed E-state index contributed by atoms with van der Waals surface area (Å²) < 4.78 is 0. The van der Waals surface area contributed by atoms with Crippen LogP contribution in [0.2, 0.25) is 0 Å². The Morgan fingerprint density at radius 2 is 0.720 bits per heavy atom. The van der Waals surface area contributed by atoms with E-state index in [1.807, 2.05) is 58.0 Å². The molecule has 22 heteroatoms. The van der Waals surface area contributed by atoms with Crippen LogP contribution in [-0.2, 0) is 36.8 Å². The lowest BCUT2D eigenvalue weighted by atomic mass is 9.90. The van der Waals surface area contributed by atoms with E-state index < -0.39 is 0 Å². The fourth-order valence-corrected chi connectivity index (χ4v) is 19.0. The second kappa shape index (κ2) is 53.7. The number of allylic oxidation sites excluding steroid dienone is 2. The van der Waals surface area contributed by atoms with Crippen LogP contribution < -0.4 is 22.5 Å². The number of aromatic amines is 4. The Labute approximate surface area is 784 Å². The van der Waals surface area contributed by atoms with Crippen LogP contribution >= 0.6 is 0 Å². The fourth-order valence-electron chi connectivity index (χ4n) is 19.0. The summed E-state index contributed by atoms with van der Waals surface area (Å²) in [4.78, 5) is 147. The van der Waals surface area contributed by atoms with E-state index in [4.69, 9.17) is 27.2 Å². The summed E-state index contributed by atoms with van der Waals surface area (Å²) in [6.07, 6.45) is 48.9. The lowest BCUT2D eigenvalue weighted by Gasteiger charge is -2.32. The largest absolute Gasteiger partial charge is 0.347 e. The summed E-state index contributed by atoms with van der Waals surface area (Å²) in [6, 6.07) is 32.2. The number of likely N-dealkylation sites (tertiary alicyclic amines) is 1. The molecular formula is C110H151N13O9. The van der Waals surface area contributed by atoms with Gasteiger partial charge in [-0.05, 0) is 219 Å². The third kappa shape index (κ3) is 31.2. The number of fused-ring (bicyclic) bond motifs is 20. The summed E-state index contributed by atoms with van der Waals surface area (Å²) in [5, 5.41) is 3.41. The number of piperidine rings is 1. The number of Topliss-reactive ketones (excluding diaryl/α,β-unsaturated/α-hetero) is 8. The molecule has 14 rings (SSSR count). The zero-order valence-electron chi connectivity index (χ0n) is 79.9. The topological polar surface area (TPSA) is 362 Å². The number of aryl methyl sites for hydroxylation is 2. The fraction of sp³-hybridized carbons (Fsp3) is 0.555. The van der Waals surface area contributed by atoms with Crippen LogP contribution in [-0.4, -0.2) is 117 Å². The van der Waals surface area contributed by atoms with E-state index in [0.717, 1.165) is 306 Å². The van der Waals surface area contributed by atoms with Crippen LogP contribution in [0.5, 0.6) is 0 Å². The Balaban J connectivity index is 0.000000172. The lowest BCUT2D eigenvalue weighted by molar-refractivity contribution is -0.124. The van der Waals surface area contributed by atoms with Crippen molar-refractivity contribution in [2.24, 2.45) is 28.5 Å². The van der Waals surface area contributed by atoms with Crippen molar-refractivity contribution in [1.82, 2.24) is 50.1 Å². The minimum absolute atomic E-state index is 0.0530. The number of rotatable bonds is 35. The molecule has 1 unspecified atom stereocenters. The third-order valence-corrected chi connectivity index (χ3v) is 27.6. The molecule has 1 aliphatic carbocycles. The summed E-state index contributed by atoms with van der Waals surface area (Å²) in [5.74, 6) is 4.55. The van der Waals surface area contributed by atoms with Gasteiger partial charge >= 0.3 is 0 Å². The maximum absolute atomic E-state index is 13.8. The quantitative estimate of drug-likeness (QED) is 0.0171. The Morgan fingerprint density at radius 1 is 0.394 bits per heavy atom. The normalized spacial score (nSPS) is 17.7. The van der Waals surface area contributed by atoms with Gasteiger partial charge in [-0.25, -0.2) is 19.9 Å². The molecule has 16 bridgehead atoms. The first kappa shape index (κ1) is 102. The van der Waals surface area contributed by atoms with E-state index in [1.54, 1.807) is 0 Å². The van der Waals surface area contributed by atoms with Crippen molar-refractivity contribution in [3.63, 3.8) is 0 Å². The molecule has 0 radical (unpaired) electrons. The van der Waals surface area contributed by atoms with Gasteiger partial charge in [0.25, 0.3) is 0 Å². The predicted molar refractivity (Wildman–Crippen MR) is 529 cm³/mol. The van der Waals surface area contributed by atoms with E-state index >= 15 is 0 Å². The van der Waals surface area contributed by atoms with Crippen molar-refractivity contribution >= 4 is 64.3 Å². The van der Waals surface area contributed by atoms with Crippen LogP contribution in [0.1, 0.15) is 435 Å². The molecule has 132 heavy (non-hydrogen) atoms. The van der Waals surface area contributed by atoms with Crippen molar-refractivity contribution in [2.45, 2.75) is 361 Å². The van der Waals surface area contributed by atoms with Crippen molar-refractivity contribution < 1.29 is 43.2 Å². The standard InChI is InChI=1S/C35H50N4O3.C25H35N3O2.2C25H33N3O2/c1-3-27(40)16-9-7-10-17-29(36-34(42)28-24-35(28)19-21-39(4-2)22-20-35)31-32-30(41)18-11-6-5-8-13-25-14-12-15-26(23-25)33(37-31)38-32;3*1-2-20(29)14-7-5-8-15-21(26)23-24-22(30)16-9-4-3-6-11-18-12-10-13-19(17-18)25(27-23)28-24/h12,14-15,23,28-29H,3-11,13,16-22,24H2,1-2H3,(H,36,42)(H,37,38);10,12-13,17,21H,2-9,11,14-16,26H2,1H3,(H,27,28);2*6,10-13,17,21H,2-5,7-9,14-16,26H2,1H3,(H,27,28)/b;;11-6+;11-6-/t28?,29-;3*21-/m0000/s1. The van der Waals surface area contributed by atoms with Gasteiger partial charge in [-0.3, -0.25) is 43.2 Å². The van der Waals surface area contributed by atoms with Crippen LogP contribution in [0.25, 0.3) is 57.7 Å². The SMILES string of the molecule is CCC(=O)CCCCC[C@H](N)c1[nH]c2nc1C(=O)CCCC/C=C/c1cccc-2c1.CCC(=O)CCCCC[C@H](N)c1[nH]c2nc1C(=O)CCCC/C=C\c1cccc-2c1.CCC(=O)CCCCC[C@H](N)c1[nH]c2nc1C(=O)CCCCCCc1cccc-2c1.CCC(=O)CCCCC[C@H](NC(=O)C1CC12CCN(CC)CC2)c1[nH]c2nc1C(=O)CCCCCCc1cccc-2c1. The van der Waals surface area contributed by atoms with Crippen LogP contribution in [0.4, 0.5) is 0 Å². The highest BCUT2D eigenvalue weighted by atomic mass is 16.2. The first-order valence-corrected chi connectivity index (χ1v) is 50.8. The van der Waals surface area contributed by atoms with Crippen LogP contribution in [0.15, 0.2) is 109 Å². The molecule has 4 aromatic carbocycles. The van der Waals surface area contributed by atoms with Crippen molar-refractivity contribution in [2.75, 3.05) is 19.6 Å². The number of aromatic nitrogens is 8. The van der Waals surface area contributed by atoms with E-state index in [2.05, 4.69) is 138 Å². The highest BCUT2D eigenvalue weighted by Gasteiger charge is 2.58. The molecule has 710 valence electrons. The molecule has 1 amide bonds. The average molecular weight is 1800 g/mol. The van der Waals surface area contributed by atoms with Crippen molar-refractivity contribution in [1.29, 1.82) is 0 Å². The Hall–Kier alpha value is -10.1. The van der Waals surface area contributed by atoms with Gasteiger partial charge in [-0.2, -0.15) is 0 Å². The molecule has 4 aromatic heterocycles. The van der Waals surface area contributed by atoms with E-state index in [-0.39, 0.29) is 64.5 Å². The van der Waals surface area contributed by atoms with E-state index in [0.29, 0.717) is 140 Å². The number of nitrogens with one attached hydrogen (secondary N) is 5. The van der Waals surface area contributed by atoms with Crippen LogP contribution in [0.3, 0.4) is 0 Å². The third-order valence-electron chi connectivity index (χ3n) is 27.6. The molecule has 2 fully saturated rings. The molecule has 5 aliphatic heterocycles. The highest BCUT2D eigenvalue weighted by Crippen LogP contribution is 2.59. The number of carbonyl (C=O) groups is 9. The maximum Gasteiger partial charge on any atom is 0.224 e. The number of nitrogens with zero attached hydrogens (tertiary/aromatic N) is 5. The number of imidazole rings is 4. The summed E-state index contributed by atoms with van der Waals surface area (Å²) in [5.41, 5.74) is 33.4. The zero-order chi connectivity index (χ0) is 93.6. The predicted octanol–water partition coefficient (Wildman–Crippen LogP) is 24.2. The van der Waals surface area contributed by atoms with Crippen molar-refractivity contribution in [3.8, 4) is 45.6 Å². The molecule has 11 N–H and O–H groups in total. The summed E-state index contributed by atoms with van der Waals surface area (Å²) >= 11 is 0. The molecule has 1 spiro atoms. The van der Waals surface area contributed by atoms with Gasteiger partial charge in [0, 0.05) is 123 Å². The van der Waals surface area contributed by atoms with Gasteiger partial charge < -0.3 is 47.4 Å². The number of H-pyrrole nitrogens is 4. The number of carbonyl (C=O) groups excluding carboxylic acids is 9. The number of unbranched alkanes of at least 4 members (excludes halogenated alkanes) is 8. The van der Waals surface area contributed by atoms with Gasteiger partial charge in [0.15, 0.2) is 23.1 Å². The number of nitrogens with two attached hydrogens (primary N) is 3. The molecule has 1 saturated carbocycles. The average Bonchev–Trinajstić information content (AvgIpc) is 1.58. The lowest BCUT2D eigenvalue weighted by Crippen LogP contribution is -2.37. The Bertz CT molecular complexity index is 5000. The molecule has 8 aromatic rings. The highest BCUT2D eigenvalue weighted by molar-refractivity contribution is 5.98. The van der Waals surface area contributed by atoms with Gasteiger partial charge in [0.2, 0.25) is 5.91 Å². The van der Waals surface area contributed by atoms with E-state index in [9.17, 15) is 43.2 Å². The molecule has 5 atom stereocenters. The molecule has 22 nitrogen and oxygen atoms in total. The van der Waals surface area contributed by atoms with Crippen molar-refractivity contribution in [3.05, 3.63) is 177 Å². The second-order valence-corrected chi connectivity index (χ2v) is 37.8. The smallest absolute Gasteiger partial charge is 0.224 e. The van der Waals surface area contributed by atoms with Gasteiger partial charge in [-0.1, -0.05) is 209 Å². The zero-order valence-corrected chi connectivity index (χ0v) is 79.9. The number of amides is 1. The van der Waals surface area contributed by atoms with Gasteiger partial charge in [0.05, 0.1) is 28.8 Å². The van der Waals surface area contributed by atoms with Crippen LogP contribution in [0, 0.1) is 11.3 Å². The maximum atomic E-state index is 13.8. The Kier molecular flexibility index (Phi) is 41.6. The minimum atomic E-state index is -0.302. The first-order chi connectivity index (χ1) is 64.2. The summed E-state index contributed by atoms with van der Waals surface area (Å²) in [6.45, 7) is 13.0. The first-order valence-electron chi connectivity index (χ1n) is 50.8.